The Hall–Kier alpha value is -1.60. The molecule has 0 N–H and O–H groups in total. The fraction of sp³-hybridized carbons (Fsp3) is 0.650. The van der Waals surface area contributed by atoms with Gasteiger partial charge in [0.15, 0.2) is 0 Å². The maximum absolute atomic E-state index is 12.3. The first kappa shape index (κ1) is 18.7. The fourth-order valence-corrected chi connectivity index (χ4v) is 6.64. The van der Waals surface area contributed by atoms with E-state index in [2.05, 4.69) is 17.0 Å². The summed E-state index contributed by atoms with van der Waals surface area (Å²) in [4.78, 5) is 16.8. The van der Waals surface area contributed by atoms with Gasteiger partial charge < -0.3 is 9.64 Å². The third-order valence-corrected chi connectivity index (χ3v) is 8.31. The van der Waals surface area contributed by atoms with Crippen molar-refractivity contribution in [3.63, 3.8) is 0 Å². The zero-order chi connectivity index (χ0) is 19.2. The van der Waals surface area contributed by atoms with E-state index in [0.717, 1.165) is 43.8 Å². The molecule has 1 aromatic carbocycles. The second-order valence-corrected chi connectivity index (χ2v) is 10.5. The minimum atomic E-state index is -2.84. The summed E-state index contributed by atoms with van der Waals surface area (Å²) in [6.07, 6.45) is 1.48. The molecule has 0 unspecified atom stereocenters. The molecule has 0 aliphatic carbocycles. The highest BCUT2D eigenvalue weighted by Gasteiger charge is 2.49. The Morgan fingerprint density at radius 3 is 2.33 bits per heavy atom. The Morgan fingerprint density at radius 2 is 1.74 bits per heavy atom. The number of rotatable bonds is 3. The van der Waals surface area contributed by atoms with Crippen molar-refractivity contribution in [1.29, 1.82) is 0 Å². The number of hydrogen-bond donors (Lipinski definition) is 0. The molecule has 4 rings (SSSR count). The third-order valence-electron chi connectivity index (χ3n) is 6.59. The van der Waals surface area contributed by atoms with E-state index < -0.39 is 9.84 Å². The Bertz CT molecular complexity index is 794. The van der Waals surface area contributed by atoms with Crippen LogP contribution in [-0.4, -0.2) is 68.4 Å². The van der Waals surface area contributed by atoms with Gasteiger partial charge in [0.1, 0.15) is 15.6 Å². The lowest BCUT2D eigenvalue weighted by Gasteiger charge is -2.34. The fourth-order valence-electron chi connectivity index (χ4n) is 5.17. The van der Waals surface area contributed by atoms with Crippen molar-refractivity contribution in [3.05, 3.63) is 29.8 Å². The number of methoxy groups -OCH3 is 1. The van der Waals surface area contributed by atoms with Crippen LogP contribution in [0.4, 0.5) is 0 Å². The summed E-state index contributed by atoms with van der Waals surface area (Å²) < 4.78 is 28.8. The topological polar surface area (TPSA) is 66.9 Å². The maximum atomic E-state index is 12.3. The first-order valence-electron chi connectivity index (χ1n) is 9.73. The zero-order valence-corrected chi connectivity index (χ0v) is 16.8. The van der Waals surface area contributed by atoms with E-state index >= 15 is 0 Å². The van der Waals surface area contributed by atoms with Crippen LogP contribution >= 0.6 is 0 Å². The van der Waals surface area contributed by atoms with E-state index in [1.54, 1.807) is 14.0 Å². The maximum Gasteiger partial charge on any atom is 0.219 e. The predicted octanol–water partition coefficient (Wildman–Crippen LogP) is 1.72. The first-order valence-corrected chi connectivity index (χ1v) is 11.6. The van der Waals surface area contributed by atoms with Gasteiger partial charge in [-0.3, -0.25) is 9.69 Å². The van der Waals surface area contributed by atoms with E-state index in [9.17, 15) is 13.2 Å². The molecule has 3 fully saturated rings. The highest BCUT2D eigenvalue weighted by atomic mass is 32.2. The van der Waals surface area contributed by atoms with E-state index in [0.29, 0.717) is 29.4 Å². The summed E-state index contributed by atoms with van der Waals surface area (Å²) in [6, 6.07) is 8.51. The number of fused-ring (bicyclic) bond motifs is 1. The second-order valence-electron chi connectivity index (χ2n) is 8.15. The summed E-state index contributed by atoms with van der Waals surface area (Å²) in [5.41, 5.74) is 1.16. The predicted molar refractivity (Wildman–Crippen MR) is 103 cm³/mol. The number of hydrogen-bond acceptors (Lipinski definition) is 5. The molecule has 27 heavy (non-hydrogen) atoms. The Labute approximate surface area is 161 Å². The van der Waals surface area contributed by atoms with Crippen molar-refractivity contribution in [3.8, 4) is 5.75 Å². The van der Waals surface area contributed by atoms with Crippen LogP contribution in [-0.2, 0) is 14.6 Å². The van der Waals surface area contributed by atoms with Gasteiger partial charge in [-0.1, -0.05) is 12.1 Å². The van der Waals surface area contributed by atoms with Crippen molar-refractivity contribution in [1.82, 2.24) is 9.80 Å². The molecular weight excluding hydrogens is 364 g/mol. The molecule has 0 bridgehead atoms. The molecule has 0 radical (unpaired) electrons. The normalized spacial score (nSPS) is 31.0. The number of amides is 1. The van der Waals surface area contributed by atoms with Crippen LogP contribution in [0.15, 0.2) is 24.3 Å². The summed E-state index contributed by atoms with van der Waals surface area (Å²) in [5, 5.41) is 0. The summed E-state index contributed by atoms with van der Waals surface area (Å²) in [7, 11) is -1.18. The molecule has 3 aliphatic rings. The summed E-state index contributed by atoms with van der Waals surface area (Å²) in [5.74, 6) is 2.43. The van der Waals surface area contributed by atoms with Crippen molar-refractivity contribution in [2.45, 2.75) is 31.8 Å². The first-order chi connectivity index (χ1) is 12.9. The van der Waals surface area contributed by atoms with Crippen LogP contribution in [0.25, 0.3) is 0 Å². The monoisotopic (exact) mass is 392 g/mol. The lowest BCUT2D eigenvalue weighted by molar-refractivity contribution is -0.130. The van der Waals surface area contributed by atoms with E-state index in [-0.39, 0.29) is 11.9 Å². The van der Waals surface area contributed by atoms with E-state index in [1.807, 2.05) is 17.0 Å². The number of carbonyl (C=O) groups is 1. The third kappa shape index (κ3) is 3.59. The molecule has 1 amide bonds. The van der Waals surface area contributed by atoms with E-state index in [1.165, 1.54) is 0 Å². The van der Waals surface area contributed by atoms with Gasteiger partial charge in [0.05, 0.1) is 24.7 Å². The second kappa shape index (κ2) is 7.09. The van der Waals surface area contributed by atoms with Gasteiger partial charge in [-0.2, -0.15) is 0 Å². The SMILES string of the molecule is COc1ccc([C@H]2[C@@H]3CN(C4CCS(=O)(=O)CC4)C[C@@H]3CN2C(C)=O)cc1. The lowest BCUT2D eigenvalue weighted by atomic mass is 9.89. The number of sulfone groups is 1. The average Bonchev–Trinajstić information content (AvgIpc) is 3.19. The summed E-state index contributed by atoms with van der Waals surface area (Å²) in [6.45, 7) is 4.35. The molecule has 1 aromatic rings. The van der Waals surface area contributed by atoms with Crippen LogP contribution in [0.3, 0.4) is 0 Å². The molecule has 3 atom stereocenters. The minimum absolute atomic E-state index is 0.0933. The van der Waals surface area contributed by atoms with Gasteiger partial charge in [0, 0.05) is 38.5 Å². The minimum Gasteiger partial charge on any atom is -0.497 e. The highest BCUT2D eigenvalue weighted by molar-refractivity contribution is 7.91. The van der Waals surface area contributed by atoms with Crippen LogP contribution in [0.1, 0.15) is 31.4 Å². The molecule has 3 heterocycles. The van der Waals surface area contributed by atoms with Gasteiger partial charge in [-0.15, -0.1) is 0 Å². The van der Waals surface area contributed by atoms with Crippen molar-refractivity contribution in [2.24, 2.45) is 11.8 Å². The standard InChI is InChI=1S/C20H28N2O4S/c1-14(23)22-12-16-11-21(17-7-9-27(24,25)10-8-17)13-19(16)20(22)15-3-5-18(26-2)6-4-15/h3-6,16-17,19-20H,7-13H2,1-2H3/t16-,19-,20+/m1/s1. The van der Waals surface area contributed by atoms with Gasteiger partial charge in [0.2, 0.25) is 5.91 Å². The molecule has 3 saturated heterocycles. The lowest BCUT2D eigenvalue weighted by Crippen LogP contribution is -2.42. The summed E-state index contributed by atoms with van der Waals surface area (Å²) >= 11 is 0. The highest BCUT2D eigenvalue weighted by Crippen LogP contribution is 2.46. The Morgan fingerprint density at radius 1 is 1.07 bits per heavy atom. The number of ether oxygens (including phenoxy) is 1. The molecule has 0 saturated carbocycles. The molecule has 7 heteroatoms. The molecule has 6 nitrogen and oxygen atoms in total. The molecule has 0 spiro atoms. The number of benzene rings is 1. The van der Waals surface area contributed by atoms with Crippen LogP contribution in [0, 0.1) is 11.8 Å². The molecule has 3 aliphatic heterocycles. The van der Waals surface area contributed by atoms with Crippen molar-refractivity contribution < 1.29 is 17.9 Å². The van der Waals surface area contributed by atoms with Gasteiger partial charge in [-0.05, 0) is 36.5 Å². The van der Waals surface area contributed by atoms with E-state index in [4.69, 9.17) is 4.74 Å². The van der Waals surface area contributed by atoms with Gasteiger partial charge >= 0.3 is 0 Å². The van der Waals surface area contributed by atoms with Gasteiger partial charge in [-0.25, -0.2) is 8.42 Å². The van der Waals surface area contributed by atoms with Gasteiger partial charge in [0.25, 0.3) is 0 Å². The average molecular weight is 393 g/mol. The van der Waals surface area contributed by atoms with Crippen LogP contribution < -0.4 is 4.74 Å². The number of carbonyl (C=O) groups excluding carboxylic acids is 1. The number of nitrogens with zero attached hydrogens (tertiary/aromatic N) is 2. The van der Waals surface area contributed by atoms with Crippen molar-refractivity contribution in [2.75, 3.05) is 38.2 Å². The smallest absolute Gasteiger partial charge is 0.219 e. The van der Waals surface area contributed by atoms with Crippen LogP contribution in [0.2, 0.25) is 0 Å². The molecule has 148 valence electrons. The van der Waals surface area contributed by atoms with Crippen LogP contribution in [0.5, 0.6) is 5.75 Å². The molecule has 0 aromatic heterocycles. The zero-order valence-electron chi connectivity index (χ0n) is 16.0. The quantitative estimate of drug-likeness (QED) is 0.784. The Balaban J connectivity index is 1.52. The van der Waals surface area contributed by atoms with Crippen molar-refractivity contribution >= 4 is 15.7 Å². The largest absolute Gasteiger partial charge is 0.497 e. The Kier molecular flexibility index (Phi) is 4.93. The number of likely N-dealkylation sites (tertiary alicyclic amines) is 2. The molecular formula is C20H28N2O4S.